The molecule has 4 atom stereocenters. The second-order valence-electron chi connectivity index (χ2n) is 10.4. The number of methoxy groups -OCH3 is 2. The average molecular weight is 533 g/mol. The van der Waals surface area contributed by atoms with Gasteiger partial charge in [0.1, 0.15) is 0 Å². The third-order valence-electron chi connectivity index (χ3n) is 8.20. The van der Waals surface area contributed by atoms with Crippen LogP contribution in [-0.2, 0) is 9.53 Å². The van der Waals surface area contributed by atoms with Crippen LogP contribution in [0.25, 0.3) is 0 Å². The number of aromatic hydroxyl groups is 1. The van der Waals surface area contributed by atoms with Gasteiger partial charge in [0.15, 0.2) is 23.0 Å². The zero-order chi connectivity index (χ0) is 27.4. The van der Waals surface area contributed by atoms with Gasteiger partial charge in [0.05, 0.1) is 32.8 Å². The predicted molar refractivity (Wildman–Crippen MR) is 145 cm³/mol. The molecule has 3 aliphatic rings. The summed E-state index contributed by atoms with van der Waals surface area (Å²) >= 11 is 0. The Morgan fingerprint density at radius 2 is 1.44 bits per heavy atom. The molecule has 3 aromatic carbocycles. The van der Waals surface area contributed by atoms with E-state index in [-0.39, 0.29) is 47.9 Å². The first kappa shape index (κ1) is 25.0. The molecule has 3 unspecified atom stereocenters. The summed E-state index contributed by atoms with van der Waals surface area (Å²) in [6, 6.07) is 15.7. The van der Waals surface area contributed by atoms with Crippen molar-refractivity contribution >= 4 is 17.3 Å². The molecule has 2 aliphatic heterocycles. The van der Waals surface area contributed by atoms with E-state index in [2.05, 4.69) is 41.1 Å². The summed E-state index contributed by atoms with van der Waals surface area (Å²) in [5, 5.41) is 10.6. The van der Waals surface area contributed by atoms with Crippen LogP contribution in [0, 0.1) is 11.8 Å². The highest BCUT2D eigenvalue weighted by Crippen LogP contribution is 2.57. The minimum absolute atomic E-state index is 0.0881. The molecule has 39 heavy (non-hydrogen) atoms. The number of cyclic esters (lactones) is 1. The van der Waals surface area contributed by atoms with Crippen molar-refractivity contribution in [1.29, 1.82) is 0 Å². The van der Waals surface area contributed by atoms with Crippen LogP contribution in [0.15, 0.2) is 48.5 Å². The molecule has 9 nitrogen and oxygen atoms in total. The lowest BCUT2D eigenvalue weighted by molar-refractivity contribution is -0.141. The lowest BCUT2D eigenvalue weighted by atomic mass is 9.65. The SMILES string of the molecule is COc1cc(C2c3cc4c(cc3[C@@H](N(C)c3ccc(N(C)C)cc3)C3COC(=O)C23)OCO4)cc(OC)c1O. The fourth-order valence-corrected chi connectivity index (χ4v) is 6.27. The van der Waals surface area contributed by atoms with E-state index in [0.29, 0.717) is 18.1 Å². The number of carbonyl (C=O) groups excluding carboxylic acids is 1. The largest absolute Gasteiger partial charge is 0.502 e. The fourth-order valence-electron chi connectivity index (χ4n) is 6.27. The maximum absolute atomic E-state index is 13.4. The molecule has 6 rings (SSSR count). The van der Waals surface area contributed by atoms with Gasteiger partial charge in [0.2, 0.25) is 12.5 Å². The summed E-state index contributed by atoms with van der Waals surface area (Å²) in [6.07, 6.45) is 0. The number of phenolic OH excluding ortho intramolecular Hbond substituents is 1. The van der Waals surface area contributed by atoms with Crippen molar-refractivity contribution in [3.63, 3.8) is 0 Å². The smallest absolute Gasteiger partial charge is 0.310 e. The van der Waals surface area contributed by atoms with Gasteiger partial charge in [-0.15, -0.1) is 0 Å². The number of hydrogen-bond acceptors (Lipinski definition) is 9. The van der Waals surface area contributed by atoms with Crippen molar-refractivity contribution < 1.29 is 33.6 Å². The summed E-state index contributed by atoms with van der Waals surface area (Å²) in [4.78, 5) is 17.7. The number of rotatable bonds is 6. The number of esters is 1. The Balaban J connectivity index is 1.54. The van der Waals surface area contributed by atoms with Gasteiger partial charge in [-0.1, -0.05) is 0 Å². The second-order valence-corrected chi connectivity index (χ2v) is 10.4. The summed E-state index contributed by atoms with van der Waals surface area (Å²) in [5.41, 5.74) is 4.89. The third kappa shape index (κ3) is 3.95. The zero-order valence-electron chi connectivity index (χ0n) is 22.6. The average Bonchev–Trinajstić information content (AvgIpc) is 3.56. The molecule has 0 bridgehead atoms. The standard InChI is InChI=1S/C30H32N2O7/c1-31(2)17-6-8-18(9-7-17)32(3)28-20-13-23-22(38-15-39-23)12-19(20)26(27-21(28)14-37-30(27)34)16-10-24(35-4)29(33)25(11-16)36-5/h6-13,21,26-28,33H,14-15H2,1-5H3/t21?,26?,27?,28-/m1/s1. The van der Waals surface area contributed by atoms with Crippen molar-refractivity contribution in [1.82, 2.24) is 0 Å². The summed E-state index contributed by atoms with van der Waals surface area (Å²) in [7, 11) is 9.06. The molecule has 0 spiro atoms. The van der Waals surface area contributed by atoms with E-state index >= 15 is 0 Å². The number of carbonyl (C=O) groups is 1. The van der Waals surface area contributed by atoms with Gasteiger partial charge in [-0.25, -0.2) is 0 Å². The Morgan fingerprint density at radius 1 is 0.846 bits per heavy atom. The first-order valence-corrected chi connectivity index (χ1v) is 12.9. The molecule has 0 radical (unpaired) electrons. The summed E-state index contributed by atoms with van der Waals surface area (Å²) < 4.78 is 28.2. The number of ether oxygens (including phenoxy) is 5. The summed E-state index contributed by atoms with van der Waals surface area (Å²) in [6.45, 7) is 0.441. The molecule has 1 saturated heterocycles. The Labute approximate surface area is 227 Å². The van der Waals surface area contributed by atoms with Crippen LogP contribution in [0.3, 0.4) is 0 Å². The number of hydrogen-bond donors (Lipinski definition) is 1. The Bertz CT molecular complexity index is 1400. The molecule has 0 aromatic heterocycles. The van der Waals surface area contributed by atoms with E-state index in [1.807, 2.05) is 26.2 Å². The summed E-state index contributed by atoms with van der Waals surface area (Å²) in [5.74, 6) is 0.542. The van der Waals surface area contributed by atoms with Crippen molar-refractivity contribution in [3.8, 4) is 28.7 Å². The second kappa shape index (κ2) is 9.48. The van der Waals surface area contributed by atoms with Crippen LogP contribution in [0.1, 0.15) is 28.7 Å². The number of fused-ring (bicyclic) bond motifs is 3. The van der Waals surface area contributed by atoms with E-state index < -0.39 is 5.92 Å². The highest BCUT2D eigenvalue weighted by atomic mass is 16.7. The molecular weight excluding hydrogens is 500 g/mol. The highest BCUT2D eigenvalue weighted by Gasteiger charge is 2.53. The minimum atomic E-state index is -0.467. The lowest BCUT2D eigenvalue weighted by Crippen LogP contribution is -2.41. The molecule has 1 aliphatic carbocycles. The van der Waals surface area contributed by atoms with Gasteiger partial charge in [-0.05, 0) is 65.2 Å². The van der Waals surface area contributed by atoms with Crippen molar-refractivity contribution in [2.75, 3.05) is 58.6 Å². The monoisotopic (exact) mass is 532 g/mol. The van der Waals surface area contributed by atoms with Gasteiger partial charge in [0.25, 0.3) is 0 Å². The van der Waals surface area contributed by atoms with E-state index in [1.54, 1.807) is 12.1 Å². The van der Waals surface area contributed by atoms with Gasteiger partial charge in [-0.3, -0.25) is 4.79 Å². The maximum atomic E-state index is 13.4. The molecule has 2 heterocycles. The van der Waals surface area contributed by atoms with Crippen LogP contribution in [0.2, 0.25) is 0 Å². The van der Waals surface area contributed by atoms with E-state index in [9.17, 15) is 9.90 Å². The molecule has 1 N–H and O–H groups in total. The topological polar surface area (TPSA) is 89.9 Å². The third-order valence-corrected chi connectivity index (χ3v) is 8.20. The van der Waals surface area contributed by atoms with Gasteiger partial charge in [-0.2, -0.15) is 0 Å². The molecule has 1 fully saturated rings. The fraction of sp³-hybridized carbons (Fsp3) is 0.367. The Morgan fingerprint density at radius 3 is 2.03 bits per heavy atom. The molecule has 0 saturated carbocycles. The van der Waals surface area contributed by atoms with Crippen LogP contribution in [0.5, 0.6) is 28.7 Å². The van der Waals surface area contributed by atoms with Crippen LogP contribution in [0.4, 0.5) is 11.4 Å². The molecule has 9 heteroatoms. The maximum Gasteiger partial charge on any atom is 0.310 e. The molecule has 3 aromatic rings. The Kier molecular flexibility index (Phi) is 6.09. The molecule has 0 amide bonds. The zero-order valence-corrected chi connectivity index (χ0v) is 22.6. The number of benzene rings is 3. The quantitative estimate of drug-likeness (QED) is 0.466. The number of nitrogens with zero attached hydrogens (tertiary/aromatic N) is 2. The van der Waals surface area contributed by atoms with Crippen molar-refractivity contribution in [3.05, 3.63) is 65.2 Å². The first-order chi connectivity index (χ1) is 18.8. The molecule has 204 valence electrons. The van der Waals surface area contributed by atoms with Gasteiger partial charge in [0, 0.05) is 44.4 Å². The van der Waals surface area contributed by atoms with E-state index in [4.69, 9.17) is 23.7 Å². The minimum Gasteiger partial charge on any atom is -0.502 e. The van der Waals surface area contributed by atoms with Crippen LogP contribution < -0.4 is 28.7 Å². The van der Waals surface area contributed by atoms with Crippen LogP contribution in [-0.4, -0.2) is 59.8 Å². The normalized spacial score (nSPS) is 22.5. The van der Waals surface area contributed by atoms with Gasteiger partial charge < -0.3 is 38.6 Å². The lowest BCUT2D eigenvalue weighted by Gasteiger charge is -2.44. The molecular formula is C30H32N2O7. The first-order valence-electron chi connectivity index (χ1n) is 12.9. The number of phenols is 1. The van der Waals surface area contributed by atoms with Crippen LogP contribution >= 0.6 is 0 Å². The van der Waals surface area contributed by atoms with E-state index in [1.165, 1.54) is 14.2 Å². The van der Waals surface area contributed by atoms with E-state index in [0.717, 1.165) is 28.1 Å². The number of anilines is 2. The predicted octanol–water partition coefficient (Wildman–Crippen LogP) is 4.32. The highest BCUT2D eigenvalue weighted by molar-refractivity contribution is 5.79. The Hall–Kier alpha value is -4.27. The van der Waals surface area contributed by atoms with Gasteiger partial charge >= 0.3 is 5.97 Å². The van der Waals surface area contributed by atoms with Crippen molar-refractivity contribution in [2.24, 2.45) is 11.8 Å². The van der Waals surface area contributed by atoms with Crippen molar-refractivity contribution in [2.45, 2.75) is 12.0 Å².